The highest BCUT2D eigenvalue weighted by Crippen LogP contribution is 2.20. The second kappa shape index (κ2) is 6.87. The van der Waals surface area contributed by atoms with E-state index < -0.39 is 34.4 Å². The second-order valence-corrected chi connectivity index (χ2v) is 6.83. The molecule has 0 N–H and O–H groups in total. The second-order valence-electron chi connectivity index (χ2n) is 6.83. The van der Waals surface area contributed by atoms with Crippen molar-refractivity contribution in [2.45, 2.75) is 26.3 Å². The molecule has 3 aromatic rings. The maximum absolute atomic E-state index is 12.7. The maximum Gasteiger partial charge on any atom is 0.437 e. The molecule has 10 nitrogen and oxygen atoms in total. The molecule has 0 aliphatic rings. The van der Waals surface area contributed by atoms with Gasteiger partial charge in [0.2, 0.25) is 5.65 Å². The van der Waals surface area contributed by atoms with Crippen LogP contribution in [0.25, 0.3) is 11.2 Å². The van der Waals surface area contributed by atoms with Crippen LogP contribution < -0.4 is 11.2 Å². The Morgan fingerprint density at radius 3 is 2.29 bits per heavy atom. The van der Waals surface area contributed by atoms with Gasteiger partial charge in [-0.3, -0.25) is 18.7 Å². The fourth-order valence-electron chi connectivity index (χ4n) is 3.05. The maximum atomic E-state index is 12.7. The lowest BCUT2D eigenvalue weighted by atomic mass is 10.0. The minimum absolute atomic E-state index is 0.0630. The van der Waals surface area contributed by atoms with Crippen LogP contribution in [0.1, 0.15) is 35.7 Å². The van der Waals surface area contributed by atoms with Crippen LogP contribution in [0.5, 0.6) is 0 Å². The number of nitrogens with zero attached hydrogens (tertiary/aromatic N) is 5. The minimum atomic E-state index is -0.779. The molecule has 0 bridgehead atoms. The number of hydrogen-bond donors (Lipinski definition) is 0. The standard InChI is InChI=1S/C18H19N5O5/c1-10(2)11-5-7-12(8-6-11)13(24)9-22-15-14(19-17(22)23(27)28)16(25)21(4)18(26)20(15)3/h5-8,10H,9H2,1-4H3. The molecule has 0 aliphatic carbocycles. The van der Waals surface area contributed by atoms with E-state index in [0.29, 0.717) is 11.5 Å². The number of benzene rings is 1. The number of hydrogen-bond acceptors (Lipinski definition) is 6. The third-order valence-electron chi connectivity index (χ3n) is 4.68. The lowest BCUT2D eigenvalue weighted by Crippen LogP contribution is -2.37. The largest absolute Gasteiger partial charge is 0.437 e. The molecular formula is C18H19N5O5. The Labute approximate surface area is 158 Å². The van der Waals surface area contributed by atoms with E-state index in [9.17, 15) is 24.5 Å². The number of fused-ring (bicyclic) bond motifs is 1. The highest BCUT2D eigenvalue weighted by molar-refractivity contribution is 5.96. The number of carbonyl (C=O) groups is 1. The van der Waals surface area contributed by atoms with Crippen molar-refractivity contribution in [2.24, 2.45) is 14.1 Å². The van der Waals surface area contributed by atoms with Crippen molar-refractivity contribution in [2.75, 3.05) is 0 Å². The molecule has 28 heavy (non-hydrogen) atoms. The lowest BCUT2D eigenvalue weighted by molar-refractivity contribution is -0.396. The number of aryl methyl sites for hydroxylation is 1. The van der Waals surface area contributed by atoms with Crippen molar-refractivity contribution in [3.8, 4) is 0 Å². The van der Waals surface area contributed by atoms with Crippen LogP contribution in [0.4, 0.5) is 5.95 Å². The molecule has 0 fully saturated rings. The molecule has 0 spiro atoms. The van der Waals surface area contributed by atoms with Crippen molar-refractivity contribution < 1.29 is 9.72 Å². The number of imidazole rings is 1. The SMILES string of the molecule is CC(C)c1ccc(C(=O)Cn2c([N+](=O)[O-])nc3c(=O)n(C)c(=O)n(C)c32)cc1. The number of carbonyl (C=O) groups excluding carboxylic acids is 1. The molecule has 0 saturated heterocycles. The van der Waals surface area contributed by atoms with Crippen molar-refractivity contribution in [1.29, 1.82) is 0 Å². The average Bonchev–Trinajstić information content (AvgIpc) is 3.04. The van der Waals surface area contributed by atoms with E-state index in [-0.39, 0.29) is 11.2 Å². The molecule has 0 atom stereocenters. The fourth-order valence-corrected chi connectivity index (χ4v) is 3.05. The number of nitro groups is 1. The van der Waals surface area contributed by atoms with Gasteiger partial charge in [-0.25, -0.2) is 4.79 Å². The summed E-state index contributed by atoms with van der Waals surface area (Å²) in [7, 11) is 2.63. The van der Waals surface area contributed by atoms with Crippen molar-refractivity contribution in [3.63, 3.8) is 0 Å². The predicted molar refractivity (Wildman–Crippen MR) is 102 cm³/mol. The smallest absolute Gasteiger partial charge is 0.390 e. The quantitative estimate of drug-likeness (QED) is 0.371. The van der Waals surface area contributed by atoms with Crippen LogP contribution in [-0.4, -0.2) is 29.4 Å². The predicted octanol–water partition coefficient (Wildman–Crippen LogP) is 1.35. The van der Waals surface area contributed by atoms with Gasteiger partial charge in [-0.15, -0.1) is 0 Å². The zero-order chi connectivity index (χ0) is 20.7. The lowest BCUT2D eigenvalue weighted by Gasteiger charge is -2.08. The third-order valence-corrected chi connectivity index (χ3v) is 4.68. The monoisotopic (exact) mass is 385 g/mol. The molecule has 0 radical (unpaired) electrons. The summed E-state index contributed by atoms with van der Waals surface area (Å²) in [4.78, 5) is 51.7. The summed E-state index contributed by atoms with van der Waals surface area (Å²) in [5.74, 6) is -0.764. The Morgan fingerprint density at radius 1 is 1.14 bits per heavy atom. The van der Waals surface area contributed by atoms with E-state index >= 15 is 0 Å². The number of ketones is 1. The Bertz CT molecular complexity index is 1210. The Morgan fingerprint density at radius 2 is 1.75 bits per heavy atom. The zero-order valence-corrected chi connectivity index (χ0v) is 15.9. The van der Waals surface area contributed by atoms with Gasteiger partial charge in [0.1, 0.15) is 6.54 Å². The molecular weight excluding hydrogens is 366 g/mol. The van der Waals surface area contributed by atoms with E-state index in [2.05, 4.69) is 4.98 Å². The summed E-state index contributed by atoms with van der Waals surface area (Å²) < 4.78 is 2.89. The van der Waals surface area contributed by atoms with E-state index in [1.165, 1.54) is 14.1 Å². The minimum Gasteiger partial charge on any atom is -0.390 e. The molecule has 1 aromatic carbocycles. The molecule has 2 heterocycles. The summed E-state index contributed by atoms with van der Waals surface area (Å²) in [6.07, 6.45) is 0. The van der Waals surface area contributed by atoms with Crippen molar-refractivity contribution in [1.82, 2.24) is 18.7 Å². The molecule has 0 unspecified atom stereocenters. The molecule has 0 amide bonds. The van der Waals surface area contributed by atoms with Crippen LogP contribution >= 0.6 is 0 Å². The van der Waals surface area contributed by atoms with Gasteiger partial charge in [-0.1, -0.05) is 43.1 Å². The highest BCUT2D eigenvalue weighted by atomic mass is 16.6. The molecule has 146 valence electrons. The van der Waals surface area contributed by atoms with Gasteiger partial charge >= 0.3 is 17.2 Å². The van der Waals surface area contributed by atoms with Gasteiger partial charge < -0.3 is 10.1 Å². The molecule has 0 aliphatic heterocycles. The summed E-state index contributed by atoms with van der Waals surface area (Å²) in [6.45, 7) is 3.63. The first kappa shape index (κ1) is 19.2. The van der Waals surface area contributed by atoms with Gasteiger partial charge in [-0.05, 0) is 16.4 Å². The van der Waals surface area contributed by atoms with E-state index in [1.807, 2.05) is 26.0 Å². The van der Waals surface area contributed by atoms with E-state index in [0.717, 1.165) is 19.3 Å². The first-order valence-electron chi connectivity index (χ1n) is 8.57. The van der Waals surface area contributed by atoms with Crippen LogP contribution in [-0.2, 0) is 20.6 Å². The van der Waals surface area contributed by atoms with Crippen molar-refractivity contribution in [3.05, 3.63) is 66.3 Å². The van der Waals surface area contributed by atoms with Gasteiger partial charge in [0.15, 0.2) is 5.78 Å². The number of rotatable bonds is 5. The van der Waals surface area contributed by atoms with E-state index in [4.69, 9.17) is 0 Å². The Balaban J connectivity index is 2.15. The first-order chi connectivity index (χ1) is 13.1. The summed E-state index contributed by atoms with van der Waals surface area (Å²) in [6, 6.07) is 6.95. The van der Waals surface area contributed by atoms with Gasteiger partial charge in [0, 0.05) is 19.7 Å². The Hall–Kier alpha value is -3.56. The fraction of sp³-hybridized carbons (Fsp3) is 0.333. The third kappa shape index (κ3) is 3.02. The topological polar surface area (TPSA) is 122 Å². The Kier molecular flexibility index (Phi) is 4.72. The average molecular weight is 385 g/mol. The van der Waals surface area contributed by atoms with Gasteiger partial charge in [0.05, 0.1) is 0 Å². The summed E-state index contributed by atoms with van der Waals surface area (Å²) >= 11 is 0. The van der Waals surface area contributed by atoms with Crippen LogP contribution in [0.15, 0.2) is 33.9 Å². The first-order valence-corrected chi connectivity index (χ1v) is 8.57. The number of aromatic nitrogens is 4. The number of Topliss-reactive ketones (excluding diaryl/α,β-unsaturated/α-hetero) is 1. The molecule has 3 rings (SSSR count). The van der Waals surface area contributed by atoms with Crippen LogP contribution in [0.2, 0.25) is 0 Å². The summed E-state index contributed by atoms with van der Waals surface area (Å²) in [5, 5.41) is 11.4. The summed E-state index contributed by atoms with van der Waals surface area (Å²) in [5.41, 5.74) is -0.293. The normalized spacial score (nSPS) is 11.3. The van der Waals surface area contributed by atoms with E-state index in [1.54, 1.807) is 12.1 Å². The van der Waals surface area contributed by atoms with Gasteiger partial charge in [0.25, 0.3) is 5.52 Å². The molecule has 0 saturated carbocycles. The molecule has 10 heteroatoms. The zero-order valence-electron chi connectivity index (χ0n) is 15.9. The highest BCUT2D eigenvalue weighted by Gasteiger charge is 2.29. The van der Waals surface area contributed by atoms with Crippen LogP contribution in [0, 0.1) is 10.1 Å². The van der Waals surface area contributed by atoms with Gasteiger partial charge in [-0.2, -0.15) is 4.57 Å². The molecule has 2 aromatic heterocycles. The van der Waals surface area contributed by atoms with Crippen molar-refractivity contribution >= 4 is 22.9 Å². The van der Waals surface area contributed by atoms with Crippen LogP contribution in [0.3, 0.4) is 0 Å².